The molecule has 2 heterocycles. The van der Waals surface area contributed by atoms with Gasteiger partial charge in [0.05, 0.1) is 6.07 Å². The van der Waals surface area contributed by atoms with Gasteiger partial charge in [0.2, 0.25) is 0 Å². The molecule has 0 radical (unpaired) electrons. The maximum absolute atomic E-state index is 10.4. The van der Waals surface area contributed by atoms with Crippen LogP contribution in [0.3, 0.4) is 0 Å². The average Bonchev–Trinajstić information content (AvgIpc) is 2.86. The number of thiazole rings is 1. The van der Waals surface area contributed by atoms with Crippen molar-refractivity contribution in [3.8, 4) is 11.5 Å². The Morgan fingerprint density at radius 2 is 2.40 bits per heavy atom. The van der Waals surface area contributed by atoms with Crippen molar-refractivity contribution in [1.82, 2.24) is 4.98 Å². The molecule has 1 N–H and O–H groups in total. The molecule has 0 spiro atoms. The number of nitro groups is 1. The maximum atomic E-state index is 10.4. The lowest BCUT2D eigenvalue weighted by Crippen LogP contribution is -1.85. The van der Waals surface area contributed by atoms with Gasteiger partial charge in [-0.3, -0.25) is 10.1 Å². The summed E-state index contributed by atoms with van der Waals surface area (Å²) in [5.74, 6) is 0.128. The molecule has 0 fully saturated rings. The average molecular weight is 225 g/mol. The molecule has 0 saturated carbocycles. The first-order valence-corrected chi connectivity index (χ1v) is 4.96. The third kappa shape index (κ3) is 1.82. The van der Waals surface area contributed by atoms with Crippen molar-refractivity contribution >= 4 is 22.4 Å². The minimum atomic E-state index is -0.575. The molecule has 7 heteroatoms. The molecule has 0 saturated heterocycles. The standard InChI is InChI=1S/C8H7N3O3S/c1-9-8-10-5(4-15-8)6-2-3-7(14-6)11(12)13/h2-4H,1H3,(H,9,10). The predicted octanol–water partition coefficient (Wildman–Crippen LogP) is 2.35. The van der Waals surface area contributed by atoms with Gasteiger partial charge in [0, 0.05) is 12.4 Å². The van der Waals surface area contributed by atoms with Crippen LogP contribution in [0.4, 0.5) is 11.0 Å². The van der Waals surface area contributed by atoms with E-state index in [9.17, 15) is 10.1 Å². The van der Waals surface area contributed by atoms with E-state index in [2.05, 4.69) is 10.3 Å². The Morgan fingerprint density at radius 3 is 2.93 bits per heavy atom. The van der Waals surface area contributed by atoms with E-state index in [0.29, 0.717) is 11.5 Å². The highest BCUT2D eigenvalue weighted by molar-refractivity contribution is 7.14. The molecule has 0 atom stereocenters. The Balaban J connectivity index is 2.32. The molecule has 0 bridgehead atoms. The first-order valence-electron chi connectivity index (χ1n) is 4.08. The minimum absolute atomic E-state index is 0.274. The molecule has 2 aromatic heterocycles. The van der Waals surface area contributed by atoms with Gasteiger partial charge in [-0.05, 0) is 6.07 Å². The van der Waals surface area contributed by atoms with E-state index in [1.165, 1.54) is 23.5 Å². The van der Waals surface area contributed by atoms with Crippen LogP contribution in [0.5, 0.6) is 0 Å². The summed E-state index contributed by atoms with van der Waals surface area (Å²) in [6, 6.07) is 2.85. The van der Waals surface area contributed by atoms with Crippen molar-refractivity contribution < 1.29 is 9.34 Å². The number of hydrogen-bond donors (Lipinski definition) is 1. The highest BCUT2D eigenvalue weighted by atomic mass is 32.1. The number of nitrogens with one attached hydrogen (secondary N) is 1. The van der Waals surface area contributed by atoms with Gasteiger partial charge in [0.1, 0.15) is 10.6 Å². The molecule has 0 amide bonds. The summed E-state index contributed by atoms with van der Waals surface area (Å²) >= 11 is 1.41. The van der Waals surface area contributed by atoms with E-state index in [0.717, 1.165) is 5.13 Å². The van der Waals surface area contributed by atoms with Gasteiger partial charge >= 0.3 is 5.88 Å². The van der Waals surface area contributed by atoms with Crippen molar-refractivity contribution in [2.45, 2.75) is 0 Å². The third-order valence-corrected chi connectivity index (χ3v) is 2.60. The van der Waals surface area contributed by atoms with Crippen LogP contribution in [0.2, 0.25) is 0 Å². The highest BCUT2D eigenvalue weighted by Gasteiger charge is 2.14. The van der Waals surface area contributed by atoms with Crippen molar-refractivity contribution in [2.24, 2.45) is 0 Å². The molecule has 15 heavy (non-hydrogen) atoms. The molecule has 6 nitrogen and oxygen atoms in total. The van der Waals surface area contributed by atoms with Crippen LogP contribution in [0, 0.1) is 10.1 Å². The lowest BCUT2D eigenvalue weighted by molar-refractivity contribution is -0.401. The van der Waals surface area contributed by atoms with Crippen LogP contribution >= 0.6 is 11.3 Å². The van der Waals surface area contributed by atoms with Crippen LogP contribution in [-0.4, -0.2) is 17.0 Å². The van der Waals surface area contributed by atoms with E-state index in [4.69, 9.17) is 4.42 Å². The minimum Gasteiger partial charge on any atom is -0.399 e. The smallest absolute Gasteiger partial charge is 0.399 e. The topological polar surface area (TPSA) is 81.2 Å². The molecule has 0 aliphatic rings. The van der Waals surface area contributed by atoms with E-state index < -0.39 is 4.92 Å². The highest BCUT2D eigenvalue weighted by Crippen LogP contribution is 2.28. The van der Waals surface area contributed by atoms with Gasteiger partial charge in [0.25, 0.3) is 0 Å². The molecule has 0 aliphatic carbocycles. The third-order valence-electron chi connectivity index (χ3n) is 1.74. The number of nitrogens with zero attached hydrogens (tertiary/aromatic N) is 2. The lowest BCUT2D eigenvalue weighted by atomic mass is 10.4. The van der Waals surface area contributed by atoms with E-state index in [1.54, 1.807) is 12.4 Å². The van der Waals surface area contributed by atoms with Crippen molar-refractivity contribution in [1.29, 1.82) is 0 Å². The summed E-state index contributed by atoms with van der Waals surface area (Å²) in [4.78, 5) is 14.0. The summed E-state index contributed by atoms with van der Waals surface area (Å²) in [5, 5.41) is 15.8. The largest absolute Gasteiger partial charge is 0.433 e. The molecular weight excluding hydrogens is 218 g/mol. The first kappa shape index (κ1) is 9.66. The van der Waals surface area contributed by atoms with Gasteiger partial charge in [-0.1, -0.05) is 0 Å². The van der Waals surface area contributed by atoms with Crippen LogP contribution in [-0.2, 0) is 0 Å². The van der Waals surface area contributed by atoms with Crippen molar-refractivity contribution in [3.05, 3.63) is 27.6 Å². The summed E-state index contributed by atoms with van der Waals surface area (Å²) < 4.78 is 5.01. The van der Waals surface area contributed by atoms with E-state index in [1.807, 2.05) is 0 Å². The molecule has 2 aromatic rings. The van der Waals surface area contributed by atoms with Gasteiger partial charge in [-0.2, -0.15) is 0 Å². The summed E-state index contributed by atoms with van der Waals surface area (Å²) in [6.45, 7) is 0. The number of furan rings is 1. The van der Waals surface area contributed by atoms with Crippen LogP contribution in [0.1, 0.15) is 0 Å². The van der Waals surface area contributed by atoms with Crippen LogP contribution in [0.25, 0.3) is 11.5 Å². The lowest BCUT2D eigenvalue weighted by Gasteiger charge is -1.89. The van der Waals surface area contributed by atoms with Gasteiger partial charge in [-0.25, -0.2) is 4.98 Å². The number of aromatic nitrogens is 1. The zero-order valence-electron chi connectivity index (χ0n) is 7.76. The Labute approximate surface area is 88.7 Å². The Bertz CT molecular complexity index is 491. The van der Waals surface area contributed by atoms with E-state index in [-0.39, 0.29) is 5.88 Å². The second-order valence-corrected chi connectivity index (χ2v) is 3.54. The summed E-state index contributed by atoms with van der Waals surface area (Å²) in [5.41, 5.74) is 0.595. The first-order chi connectivity index (χ1) is 7.20. The Hall–Kier alpha value is -1.89. The molecule has 2 rings (SSSR count). The van der Waals surface area contributed by atoms with Crippen LogP contribution in [0.15, 0.2) is 21.9 Å². The molecule has 0 aliphatic heterocycles. The Kier molecular flexibility index (Phi) is 2.38. The van der Waals surface area contributed by atoms with Crippen LogP contribution < -0.4 is 5.32 Å². The number of rotatable bonds is 3. The van der Waals surface area contributed by atoms with Crippen molar-refractivity contribution in [3.63, 3.8) is 0 Å². The summed E-state index contributed by atoms with van der Waals surface area (Å²) in [6.07, 6.45) is 0. The second-order valence-electron chi connectivity index (χ2n) is 2.68. The van der Waals surface area contributed by atoms with Crippen molar-refractivity contribution in [2.75, 3.05) is 12.4 Å². The second kappa shape index (κ2) is 3.70. The number of hydrogen-bond acceptors (Lipinski definition) is 6. The fraction of sp³-hybridized carbons (Fsp3) is 0.125. The molecular formula is C8H7N3O3S. The predicted molar refractivity (Wildman–Crippen MR) is 56.0 cm³/mol. The van der Waals surface area contributed by atoms with Gasteiger partial charge < -0.3 is 9.73 Å². The fourth-order valence-electron chi connectivity index (χ4n) is 1.07. The Morgan fingerprint density at radius 1 is 1.60 bits per heavy atom. The quantitative estimate of drug-likeness (QED) is 0.640. The monoisotopic (exact) mass is 225 g/mol. The summed E-state index contributed by atoms with van der Waals surface area (Å²) in [7, 11) is 1.76. The molecule has 0 aromatic carbocycles. The SMILES string of the molecule is CNc1nc(-c2ccc([N+](=O)[O-])o2)cs1. The normalized spacial score (nSPS) is 10.2. The molecule has 0 unspecified atom stereocenters. The number of anilines is 1. The molecule has 78 valence electrons. The van der Waals surface area contributed by atoms with E-state index >= 15 is 0 Å². The zero-order valence-corrected chi connectivity index (χ0v) is 8.58. The fourth-order valence-corrected chi connectivity index (χ4v) is 1.73. The maximum Gasteiger partial charge on any atom is 0.433 e. The zero-order chi connectivity index (χ0) is 10.8. The van der Waals surface area contributed by atoms with Gasteiger partial charge in [0.15, 0.2) is 10.9 Å². The van der Waals surface area contributed by atoms with Gasteiger partial charge in [-0.15, -0.1) is 11.3 Å².